The summed E-state index contributed by atoms with van der Waals surface area (Å²) in [6, 6.07) is 7.01. The molecule has 1 heterocycles. The van der Waals surface area contributed by atoms with E-state index in [0.717, 1.165) is 0 Å². The van der Waals surface area contributed by atoms with E-state index in [4.69, 9.17) is 15.4 Å². The molecule has 0 aliphatic rings. The molecule has 0 spiro atoms. The fourth-order valence-electron chi connectivity index (χ4n) is 1.30. The summed E-state index contributed by atoms with van der Waals surface area (Å²) < 4.78 is 5.43. The molecule has 0 aliphatic heterocycles. The molecule has 6 nitrogen and oxygen atoms in total. The predicted molar refractivity (Wildman–Crippen MR) is 67.8 cm³/mol. The lowest BCUT2D eigenvalue weighted by Crippen LogP contribution is -2.25. The van der Waals surface area contributed by atoms with Gasteiger partial charge in [-0.25, -0.2) is 4.98 Å². The lowest BCUT2D eigenvalue weighted by Gasteiger charge is -1.97. The van der Waals surface area contributed by atoms with Crippen LogP contribution < -0.4 is 11.1 Å². The highest BCUT2D eigenvalue weighted by Crippen LogP contribution is 2.24. The molecule has 1 aromatic carbocycles. The van der Waals surface area contributed by atoms with Crippen molar-refractivity contribution in [3.8, 4) is 6.07 Å². The van der Waals surface area contributed by atoms with E-state index in [2.05, 4.69) is 10.3 Å². The number of rotatable bonds is 4. The first-order valence-corrected chi connectivity index (χ1v) is 6.10. The van der Waals surface area contributed by atoms with Gasteiger partial charge in [-0.05, 0) is 12.1 Å². The molecule has 1 aromatic heterocycles. The molecular weight excluding hydrogens is 252 g/mol. The molecule has 0 radical (unpaired) electrons. The number of fused-ring (bicyclic) bond motifs is 1. The number of hydrogen-bond acceptors (Lipinski definition) is 6. The van der Waals surface area contributed by atoms with Gasteiger partial charge < -0.3 is 15.5 Å². The van der Waals surface area contributed by atoms with Crippen LogP contribution in [0.4, 0.5) is 5.69 Å². The van der Waals surface area contributed by atoms with E-state index >= 15 is 0 Å². The molecule has 0 bridgehead atoms. The van der Waals surface area contributed by atoms with Crippen LogP contribution in [-0.2, 0) is 4.79 Å². The number of carbonyl (C=O) groups is 1. The second kappa shape index (κ2) is 5.42. The molecule has 0 atom stereocenters. The molecule has 0 fully saturated rings. The summed E-state index contributed by atoms with van der Waals surface area (Å²) >= 11 is 1.17. The molecular formula is C11H10N4O2S. The zero-order chi connectivity index (χ0) is 13.0. The molecule has 0 saturated carbocycles. The number of nitrogens with zero attached hydrogens (tertiary/aromatic N) is 2. The Hall–Kier alpha value is -2.20. The number of aromatic nitrogens is 1. The summed E-state index contributed by atoms with van der Waals surface area (Å²) in [5.74, 6) is -0.0763. The van der Waals surface area contributed by atoms with Crippen LogP contribution in [0.2, 0.25) is 0 Å². The number of amides is 1. The smallest absolute Gasteiger partial charge is 0.257 e. The van der Waals surface area contributed by atoms with Gasteiger partial charge in [-0.2, -0.15) is 5.26 Å². The topological polar surface area (TPSA) is 105 Å². The summed E-state index contributed by atoms with van der Waals surface area (Å²) in [5, 5.41) is 11.1. The number of nitrogen functional groups attached to an aromatic ring is 1. The van der Waals surface area contributed by atoms with E-state index in [1.165, 1.54) is 11.8 Å². The molecule has 92 valence electrons. The maximum absolute atomic E-state index is 11.3. The quantitative estimate of drug-likeness (QED) is 0.486. The molecule has 2 aromatic rings. The number of hydrogen-bond donors (Lipinski definition) is 2. The van der Waals surface area contributed by atoms with Gasteiger partial charge in [0.25, 0.3) is 5.22 Å². The van der Waals surface area contributed by atoms with Crippen LogP contribution in [-0.4, -0.2) is 23.2 Å². The summed E-state index contributed by atoms with van der Waals surface area (Å²) in [4.78, 5) is 15.5. The van der Waals surface area contributed by atoms with Crippen molar-refractivity contribution in [2.24, 2.45) is 0 Å². The number of thioether (sulfide) groups is 1. The Morgan fingerprint density at radius 1 is 1.61 bits per heavy atom. The van der Waals surface area contributed by atoms with Crippen molar-refractivity contribution in [1.82, 2.24) is 10.3 Å². The maximum Gasteiger partial charge on any atom is 0.257 e. The van der Waals surface area contributed by atoms with Crippen molar-refractivity contribution in [2.75, 3.05) is 18.0 Å². The zero-order valence-electron chi connectivity index (χ0n) is 9.34. The highest BCUT2D eigenvalue weighted by atomic mass is 32.2. The van der Waals surface area contributed by atoms with Crippen molar-refractivity contribution in [3.05, 3.63) is 18.2 Å². The minimum absolute atomic E-state index is 0.00346. The molecule has 0 aliphatic carbocycles. The lowest BCUT2D eigenvalue weighted by molar-refractivity contribution is -0.118. The van der Waals surface area contributed by atoms with Crippen LogP contribution in [0.1, 0.15) is 0 Å². The highest BCUT2D eigenvalue weighted by molar-refractivity contribution is 7.99. The zero-order valence-corrected chi connectivity index (χ0v) is 10.2. The molecule has 18 heavy (non-hydrogen) atoms. The summed E-state index contributed by atoms with van der Waals surface area (Å²) in [7, 11) is 0. The minimum atomic E-state index is -0.233. The van der Waals surface area contributed by atoms with E-state index in [-0.39, 0.29) is 18.2 Å². The normalized spacial score (nSPS) is 10.2. The third-order valence-electron chi connectivity index (χ3n) is 2.08. The molecule has 7 heteroatoms. The standard InChI is InChI=1S/C11H10N4O2S/c12-3-4-14-10(16)6-18-11-15-8-2-1-7(13)5-9(8)17-11/h1-2,5H,4,6,13H2,(H,14,16). The number of oxazole rings is 1. The van der Waals surface area contributed by atoms with Crippen molar-refractivity contribution in [3.63, 3.8) is 0 Å². The number of nitrogens with one attached hydrogen (secondary N) is 1. The van der Waals surface area contributed by atoms with Gasteiger partial charge in [0.15, 0.2) is 5.58 Å². The molecule has 0 unspecified atom stereocenters. The van der Waals surface area contributed by atoms with Gasteiger partial charge in [-0.3, -0.25) is 4.79 Å². The highest BCUT2D eigenvalue weighted by Gasteiger charge is 2.09. The monoisotopic (exact) mass is 262 g/mol. The summed E-state index contributed by atoms with van der Waals surface area (Å²) in [6.45, 7) is 0.00346. The number of anilines is 1. The first-order chi connectivity index (χ1) is 8.69. The van der Waals surface area contributed by atoms with Gasteiger partial charge in [0, 0.05) is 11.8 Å². The largest absolute Gasteiger partial charge is 0.431 e. The Labute approximate surface area is 107 Å². The maximum atomic E-state index is 11.3. The number of nitrogens with two attached hydrogens (primary N) is 1. The van der Waals surface area contributed by atoms with Gasteiger partial charge in [-0.15, -0.1) is 0 Å². The molecule has 2 rings (SSSR count). The molecule has 3 N–H and O–H groups in total. The fourth-order valence-corrected chi connectivity index (χ4v) is 1.97. The Balaban J connectivity index is 2.00. The van der Waals surface area contributed by atoms with Gasteiger partial charge in [-0.1, -0.05) is 11.8 Å². The van der Waals surface area contributed by atoms with Crippen molar-refractivity contribution >= 4 is 34.5 Å². The minimum Gasteiger partial charge on any atom is -0.431 e. The number of carbonyl (C=O) groups excluding carboxylic acids is 1. The Morgan fingerprint density at radius 3 is 3.22 bits per heavy atom. The van der Waals surface area contributed by atoms with Crippen LogP contribution in [0.5, 0.6) is 0 Å². The van der Waals surface area contributed by atoms with Crippen LogP contribution in [0.15, 0.2) is 27.8 Å². The fraction of sp³-hybridized carbons (Fsp3) is 0.182. The van der Waals surface area contributed by atoms with Gasteiger partial charge in [0.2, 0.25) is 5.91 Å². The van der Waals surface area contributed by atoms with E-state index in [0.29, 0.717) is 22.0 Å². The van der Waals surface area contributed by atoms with E-state index in [9.17, 15) is 4.79 Å². The Kier molecular flexibility index (Phi) is 3.69. The van der Waals surface area contributed by atoms with E-state index in [1.807, 2.05) is 6.07 Å². The average molecular weight is 262 g/mol. The van der Waals surface area contributed by atoms with Crippen molar-refractivity contribution < 1.29 is 9.21 Å². The summed E-state index contributed by atoms with van der Waals surface area (Å²) in [5.41, 5.74) is 7.51. The summed E-state index contributed by atoms with van der Waals surface area (Å²) in [6.07, 6.45) is 0. The Bertz CT molecular complexity index is 617. The Morgan fingerprint density at radius 2 is 2.44 bits per heavy atom. The molecule has 0 saturated heterocycles. The molecule has 1 amide bonds. The third-order valence-corrected chi connectivity index (χ3v) is 2.91. The van der Waals surface area contributed by atoms with Crippen molar-refractivity contribution in [1.29, 1.82) is 5.26 Å². The second-order valence-electron chi connectivity index (χ2n) is 3.43. The predicted octanol–water partition coefficient (Wildman–Crippen LogP) is 1.14. The average Bonchev–Trinajstić information content (AvgIpc) is 2.75. The lowest BCUT2D eigenvalue weighted by atomic mass is 10.3. The SMILES string of the molecule is N#CCNC(=O)CSc1nc2ccc(N)cc2o1. The van der Waals surface area contributed by atoms with Crippen LogP contribution in [0.25, 0.3) is 11.1 Å². The third kappa shape index (κ3) is 2.93. The van der Waals surface area contributed by atoms with E-state index in [1.54, 1.807) is 18.2 Å². The van der Waals surface area contributed by atoms with E-state index < -0.39 is 0 Å². The first kappa shape index (κ1) is 12.3. The van der Waals surface area contributed by atoms with Gasteiger partial charge in [0.1, 0.15) is 12.1 Å². The number of benzene rings is 1. The van der Waals surface area contributed by atoms with Crippen LogP contribution >= 0.6 is 11.8 Å². The second-order valence-corrected chi connectivity index (χ2v) is 4.36. The number of nitriles is 1. The van der Waals surface area contributed by atoms with Crippen LogP contribution in [0.3, 0.4) is 0 Å². The van der Waals surface area contributed by atoms with Crippen LogP contribution in [0, 0.1) is 11.3 Å². The first-order valence-electron chi connectivity index (χ1n) is 5.11. The van der Waals surface area contributed by atoms with Gasteiger partial charge in [0.05, 0.1) is 11.8 Å². The van der Waals surface area contributed by atoms with Gasteiger partial charge >= 0.3 is 0 Å². The van der Waals surface area contributed by atoms with Crippen molar-refractivity contribution in [2.45, 2.75) is 5.22 Å².